The Balaban J connectivity index is 1.63. The molecule has 9 nitrogen and oxygen atoms in total. The van der Waals surface area contributed by atoms with Crippen molar-refractivity contribution >= 4 is 62.5 Å². The number of carbonyl (C=O) groups excluding carboxylic acids is 1. The highest BCUT2D eigenvalue weighted by Gasteiger charge is 2.36. The first-order valence-electron chi connectivity index (χ1n) is 15.0. The molecule has 1 amide bonds. The van der Waals surface area contributed by atoms with E-state index in [0.29, 0.717) is 82.3 Å². The van der Waals surface area contributed by atoms with Crippen LogP contribution < -0.4 is 33.8 Å². The largest absolute Gasteiger partial charge is 0.497 e. The number of likely N-dealkylation sites (N-methyl/N-ethyl adjacent to an activating group) is 1. The average molecular weight is 776 g/mol. The molecule has 48 heavy (non-hydrogen) atoms. The number of ether oxygens (including phenoxy) is 4. The van der Waals surface area contributed by atoms with Crippen molar-refractivity contribution < 1.29 is 23.7 Å². The third-order valence-electron chi connectivity index (χ3n) is 7.97. The number of hydrogen-bond acceptors (Lipinski definition) is 8. The van der Waals surface area contributed by atoms with Crippen LogP contribution in [-0.4, -0.2) is 49.8 Å². The number of hydrogen-bond donors (Lipinski definition) is 0. The van der Waals surface area contributed by atoms with Crippen molar-refractivity contribution in [2.45, 2.75) is 33.4 Å². The van der Waals surface area contributed by atoms with Crippen LogP contribution in [0.2, 0.25) is 10.0 Å². The van der Waals surface area contributed by atoms with Crippen LogP contribution in [0.1, 0.15) is 43.5 Å². The van der Waals surface area contributed by atoms with Gasteiger partial charge in [0.05, 0.1) is 41.6 Å². The van der Waals surface area contributed by atoms with Gasteiger partial charge < -0.3 is 23.8 Å². The first kappa shape index (κ1) is 35.5. The summed E-state index contributed by atoms with van der Waals surface area (Å²) >= 11 is 17.2. The van der Waals surface area contributed by atoms with Gasteiger partial charge in [-0.05, 0) is 90.8 Å². The fraction of sp³-hybridized carbons (Fsp3) is 0.286. The number of benzene rings is 3. The molecule has 0 bridgehead atoms. The fourth-order valence-corrected chi connectivity index (χ4v) is 7.61. The molecule has 1 aliphatic rings. The highest BCUT2D eigenvalue weighted by atomic mass is 79.9. The van der Waals surface area contributed by atoms with Gasteiger partial charge in [0.15, 0.2) is 16.3 Å². The van der Waals surface area contributed by atoms with Crippen molar-refractivity contribution in [3.63, 3.8) is 0 Å². The van der Waals surface area contributed by atoms with Gasteiger partial charge in [-0.1, -0.05) is 40.6 Å². The Bertz CT molecular complexity index is 2090. The summed E-state index contributed by atoms with van der Waals surface area (Å²) in [6.45, 7) is 6.83. The lowest BCUT2D eigenvalue weighted by Gasteiger charge is -2.30. The summed E-state index contributed by atoms with van der Waals surface area (Å²) in [4.78, 5) is 35.3. The van der Waals surface area contributed by atoms with Crippen molar-refractivity contribution in [2.75, 3.05) is 34.4 Å². The molecule has 252 valence electrons. The van der Waals surface area contributed by atoms with Crippen molar-refractivity contribution in [3.8, 4) is 23.0 Å². The third-order valence-corrected chi connectivity index (χ3v) is 10.1. The molecule has 1 aliphatic heterocycles. The molecule has 5 rings (SSSR count). The quantitative estimate of drug-likeness (QED) is 0.167. The van der Waals surface area contributed by atoms with E-state index < -0.39 is 6.04 Å². The molecular formula is C35H34BrCl2N3O6S. The van der Waals surface area contributed by atoms with E-state index in [2.05, 4.69) is 15.9 Å². The highest BCUT2D eigenvalue weighted by Crippen LogP contribution is 2.39. The molecule has 1 aromatic heterocycles. The predicted molar refractivity (Wildman–Crippen MR) is 193 cm³/mol. The SMILES string of the molecule is CCN(CC)C(=O)C1=C(C)N=c2s/c(=C/c3cc(Br)c(OCc4ccc(Cl)cc4Cl)c(OC)c3)c(=O)n2[C@@H]1c1cc(OC)ccc1OC. The minimum absolute atomic E-state index is 0.185. The first-order chi connectivity index (χ1) is 23.0. The Morgan fingerprint density at radius 3 is 2.40 bits per heavy atom. The molecule has 0 unspecified atom stereocenters. The molecule has 3 aromatic carbocycles. The van der Waals surface area contributed by atoms with Crippen LogP contribution in [0.4, 0.5) is 0 Å². The van der Waals surface area contributed by atoms with Gasteiger partial charge in [0, 0.05) is 34.3 Å². The smallest absolute Gasteiger partial charge is 0.271 e. The molecule has 0 aliphatic carbocycles. The number of nitrogens with zero attached hydrogens (tertiary/aromatic N) is 3. The van der Waals surface area contributed by atoms with E-state index in [1.165, 1.54) is 11.3 Å². The number of halogens is 3. The second-order valence-corrected chi connectivity index (χ2v) is 13.4. The number of carbonyl (C=O) groups is 1. The Morgan fingerprint density at radius 1 is 1.02 bits per heavy atom. The predicted octanol–water partition coefficient (Wildman–Crippen LogP) is 6.78. The van der Waals surface area contributed by atoms with Gasteiger partial charge in [-0.25, -0.2) is 4.99 Å². The van der Waals surface area contributed by atoms with Crippen LogP contribution in [0.15, 0.2) is 74.1 Å². The summed E-state index contributed by atoms with van der Waals surface area (Å²) in [6, 6.07) is 13.4. The summed E-state index contributed by atoms with van der Waals surface area (Å²) in [6.07, 6.45) is 1.77. The number of fused-ring (bicyclic) bond motifs is 1. The van der Waals surface area contributed by atoms with E-state index in [9.17, 15) is 9.59 Å². The molecule has 1 atom stereocenters. The van der Waals surface area contributed by atoms with Crippen molar-refractivity contribution in [2.24, 2.45) is 4.99 Å². The number of amides is 1. The molecule has 0 saturated heterocycles. The Hall–Kier alpha value is -3.77. The summed E-state index contributed by atoms with van der Waals surface area (Å²) < 4.78 is 25.6. The standard InChI is InChI=1S/C35H34BrCl2N3O6S/c1-7-40(8-2)34(43)30-19(3)39-35-41(31(30)24-17-23(44-4)11-12-27(24)45-5)33(42)29(48-35)15-20-13-25(36)32(28(14-20)46-6)47-18-21-9-10-22(37)16-26(21)38/h9-17,31H,7-8,18H2,1-6H3/b29-15+/t31-/m1/s1. The maximum Gasteiger partial charge on any atom is 0.271 e. The Labute approximate surface area is 300 Å². The van der Waals surface area contributed by atoms with Gasteiger partial charge in [-0.15, -0.1) is 0 Å². The minimum Gasteiger partial charge on any atom is -0.497 e. The van der Waals surface area contributed by atoms with Gasteiger partial charge in [0.25, 0.3) is 11.5 Å². The van der Waals surface area contributed by atoms with Gasteiger partial charge in [0.2, 0.25) is 0 Å². The van der Waals surface area contributed by atoms with E-state index in [-0.39, 0.29) is 18.1 Å². The van der Waals surface area contributed by atoms with Crippen molar-refractivity contribution in [1.29, 1.82) is 0 Å². The van der Waals surface area contributed by atoms with E-state index in [0.717, 1.165) is 5.56 Å². The van der Waals surface area contributed by atoms with Crippen LogP contribution >= 0.6 is 50.5 Å². The molecule has 0 N–H and O–H groups in total. The van der Waals surface area contributed by atoms with Gasteiger partial charge in [-0.2, -0.15) is 0 Å². The molecule has 2 heterocycles. The monoisotopic (exact) mass is 773 g/mol. The molecule has 0 saturated carbocycles. The Morgan fingerprint density at radius 2 is 1.75 bits per heavy atom. The van der Waals surface area contributed by atoms with Crippen molar-refractivity contribution in [1.82, 2.24) is 9.47 Å². The zero-order valence-corrected chi connectivity index (χ0v) is 31.1. The lowest BCUT2D eigenvalue weighted by atomic mass is 9.93. The molecule has 0 fully saturated rings. The molecular weight excluding hydrogens is 741 g/mol. The van der Waals surface area contributed by atoms with Gasteiger partial charge in [0.1, 0.15) is 24.1 Å². The first-order valence-corrected chi connectivity index (χ1v) is 17.4. The zero-order chi connectivity index (χ0) is 34.7. The second kappa shape index (κ2) is 15.2. The van der Waals surface area contributed by atoms with Crippen LogP contribution in [0.25, 0.3) is 6.08 Å². The average Bonchev–Trinajstić information content (AvgIpc) is 3.37. The van der Waals surface area contributed by atoms with E-state index in [1.54, 1.807) is 86.3 Å². The normalized spacial score (nSPS) is 14.4. The van der Waals surface area contributed by atoms with E-state index in [4.69, 9.17) is 47.1 Å². The zero-order valence-electron chi connectivity index (χ0n) is 27.2. The highest BCUT2D eigenvalue weighted by molar-refractivity contribution is 9.10. The summed E-state index contributed by atoms with van der Waals surface area (Å²) in [5, 5.41) is 1.03. The van der Waals surface area contributed by atoms with Crippen LogP contribution in [-0.2, 0) is 11.4 Å². The summed E-state index contributed by atoms with van der Waals surface area (Å²) in [5.41, 5.74) is 2.68. The van der Waals surface area contributed by atoms with E-state index in [1.807, 2.05) is 19.9 Å². The fourth-order valence-electron chi connectivity index (χ4n) is 5.53. The number of rotatable bonds is 11. The number of aromatic nitrogens is 1. The third kappa shape index (κ3) is 7.01. The molecule has 0 radical (unpaired) electrons. The number of methoxy groups -OCH3 is 3. The summed E-state index contributed by atoms with van der Waals surface area (Å²) in [5.74, 6) is 1.81. The molecule has 13 heteroatoms. The maximum atomic E-state index is 14.3. The number of thiazole rings is 1. The maximum absolute atomic E-state index is 14.3. The Kier molecular flexibility index (Phi) is 11.2. The summed E-state index contributed by atoms with van der Waals surface area (Å²) in [7, 11) is 4.66. The van der Waals surface area contributed by atoms with Crippen LogP contribution in [0.5, 0.6) is 23.0 Å². The van der Waals surface area contributed by atoms with Gasteiger partial charge in [-0.3, -0.25) is 14.2 Å². The van der Waals surface area contributed by atoms with E-state index >= 15 is 0 Å². The second-order valence-electron chi connectivity index (χ2n) is 10.7. The lowest BCUT2D eigenvalue weighted by molar-refractivity contribution is -0.127. The molecule has 0 spiro atoms. The molecule has 4 aromatic rings. The topological polar surface area (TPSA) is 91.6 Å². The van der Waals surface area contributed by atoms with Crippen LogP contribution in [0, 0.1) is 0 Å². The minimum atomic E-state index is -0.807. The van der Waals surface area contributed by atoms with Gasteiger partial charge >= 0.3 is 0 Å². The lowest BCUT2D eigenvalue weighted by Crippen LogP contribution is -2.43. The van der Waals surface area contributed by atoms with Crippen molar-refractivity contribution in [3.05, 3.63) is 111 Å². The van der Waals surface area contributed by atoms with Crippen LogP contribution in [0.3, 0.4) is 0 Å². The number of allylic oxidation sites excluding steroid dienone is 1.